The van der Waals surface area contributed by atoms with Crippen molar-refractivity contribution in [1.29, 1.82) is 0 Å². The summed E-state index contributed by atoms with van der Waals surface area (Å²) in [5.74, 6) is -3.44. The first-order valence-corrected chi connectivity index (χ1v) is 10.0. The molecule has 8 nitrogen and oxygen atoms in total. The van der Waals surface area contributed by atoms with Gasteiger partial charge in [-0.05, 0) is 24.5 Å². The third kappa shape index (κ3) is 3.16. The Hall–Kier alpha value is -2.13. The number of fused-ring (bicyclic) bond motifs is 1. The highest BCUT2D eigenvalue weighted by atomic mass is 79.9. The van der Waals surface area contributed by atoms with Crippen LogP contribution in [0.4, 0.5) is 0 Å². The monoisotopic (exact) mass is 470 g/mol. The molecule has 3 fully saturated rings. The van der Waals surface area contributed by atoms with Crippen molar-refractivity contribution >= 4 is 51.3 Å². The Kier molecular flexibility index (Phi) is 5.05. The number of hydrogen-bond donors (Lipinski definition) is 2. The van der Waals surface area contributed by atoms with Crippen LogP contribution in [0.5, 0.6) is 0 Å². The Morgan fingerprint density at radius 1 is 1.21 bits per heavy atom. The van der Waals surface area contributed by atoms with Gasteiger partial charge in [-0.1, -0.05) is 39.7 Å². The number of alkyl halides is 1. The molecule has 1 saturated heterocycles. The van der Waals surface area contributed by atoms with Gasteiger partial charge in [0.15, 0.2) is 6.61 Å². The van der Waals surface area contributed by atoms with Crippen LogP contribution >= 0.6 is 27.5 Å². The van der Waals surface area contributed by atoms with Crippen molar-refractivity contribution in [2.24, 2.45) is 23.7 Å². The summed E-state index contributed by atoms with van der Waals surface area (Å²) in [6.07, 6.45) is 0.534. The number of carbonyl (C=O) groups is 4. The zero-order chi connectivity index (χ0) is 20.0. The summed E-state index contributed by atoms with van der Waals surface area (Å²) in [7, 11) is 0. The molecule has 2 bridgehead atoms. The van der Waals surface area contributed by atoms with E-state index < -0.39 is 36.2 Å². The number of nitrogens with one attached hydrogen (secondary N) is 2. The molecule has 3 aliphatic rings. The zero-order valence-corrected chi connectivity index (χ0v) is 16.7. The molecule has 0 aromatic heterocycles. The molecule has 2 aliphatic carbocycles. The molecule has 2 amide bonds. The number of benzene rings is 1. The Morgan fingerprint density at radius 3 is 2.71 bits per heavy atom. The maximum absolute atomic E-state index is 12.5. The van der Waals surface area contributed by atoms with E-state index in [0.29, 0.717) is 0 Å². The highest BCUT2D eigenvalue weighted by Gasteiger charge is 2.68. The zero-order valence-electron chi connectivity index (χ0n) is 14.4. The van der Waals surface area contributed by atoms with Crippen LogP contribution in [0.1, 0.15) is 16.8 Å². The van der Waals surface area contributed by atoms with Gasteiger partial charge in [0.1, 0.15) is 6.10 Å². The normalized spacial score (nSPS) is 32.0. The molecule has 6 atom stereocenters. The molecule has 1 aromatic rings. The highest BCUT2D eigenvalue weighted by Crippen LogP contribution is 2.60. The van der Waals surface area contributed by atoms with E-state index in [1.807, 2.05) is 0 Å². The van der Waals surface area contributed by atoms with Crippen molar-refractivity contribution in [1.82, 2.24) is 10.9 Å². The lowest BCUT2D eigenvalue weighted by atomic mass is 9.80. The van der Waals surface area contributed by atoms with Gasteiger partial charge in [-0.2, -0.15) is 0 Å². The van der Waals surface area contributed by atoms with Crippen LogP contribution < -0.4 is 10.9 Å². The number of rotatable bonds is 4. The topological polar surface area (TPSA) is 111 Å². The van der Waals surface area contributed by atoms with Gasteiger partial charge >= 0.3 is 11.9 Å². The fraction of sp³-hybridized carbons (Fsp3) is 0.444. The van der Waals surface area contributed by atoms with Crippen LogP contribution in [0, 0.1) is 23.7 Å². The van der Waals surface area contributed by atoms with Gasteiger partial charge in [0.2, 0.25) is 0 Å². The molecule has 0 spiro atoms. The van der Waals surface area contributed by atoms with E-state index in [9.17, 15) is 19.2 Å². The van der Waals surface area contributed by atoms with Crippen LogP contribution in [-0.4, -0.2) is 41.3 Å². The minimum atomic E-state index is -0.709. The Balaban J connectivity index is 1.28. The van der Waals surface area contributed by atoms with Crippen molar-refractivity contribution in [2.75, 3.05) is 6.61 Å². The molecule has 1 aliphatic heterocycles. The summed E-state index contributed by atoms with van der Waals surface area (Å²) in [4.78, 5) is 48.3. The molecule has 4 rings (SSSR count). The van der Waals surface area contributed by atoms with E-state index in [1.165, 1.54) is 6.07 Å². The smallest absolute Gasteiger partial charge is 0.310 e. The molecule has 1 heterocycles. The van der Waals surface area contributed by atoms with E-state index >= 15 is 0 Å². The first kappa shape index (κ1) is 19.2. The van der Waals surface area contributed by atoms with Crippen LogP contribution in [-0.2, 0) is 23.9 Å². The number of carbonyl (C=O) groups excluding carboxylic acids is 4. The van der Waals surface area contributed by atoms with Crippen molar-refractivity contribution < 1.29 is 28.7 Å². The van der Waals surface area contributed by atoms with E-state index in [0.717, 1.165) is 6.42 Å². The maximum atomic E-state index is 12.5. The summed E-state index contributed by atoms with van der Waals surface area (Å²) < 4.78 is 10.4. The van der Waals surface area contributed by atoms with Gasteiger partial charge in [0, 0.05) is 5.92 Å². The molecule has 0 radical (unpaired) electrons. The van der Waals surface area contributed by atoms with Gasteiger partial charge in [0.05, 0.1) is 27.2 Å². The second-order valence-corrected chi connectivity index (χ2v) is 8.52. The summed E-state index contributed by atoms with van der Waals surface area (Å²) in [5.41, 5.74) is 4.56. The Bertz CT molecular complexity index is 864. The number of amides is 2. The second-order valence-electron chi connectivity index (χ2n) is 7.05. The SMILES string of the molecule is O=C(COC(=O)[C@@H]1[C@H]2C[C@H]3[C@H](OC(=O)[C@H]31)[C@@H]2Br)NNC(=O)c1ccccc1Cl. The van der Waals surface area contributed by atoms with Gasteiger partial charge in [-0.3, -0.25) is 30.0 Å². The van der Waals surface area contributed by atoms with E-state index in [1.54, 1.807) is 18.2 Å². The average molecular weight is 472 g/mol. The van der Waals surface area contributed by atoms with Gasteiger partial charge in [-0.15, -0.1) is 0 Å². The van der Waals surface area contributed by atoms with Crippen LogP contribution in [0.2, 0.25) is 5.02 Å². The maximum Gasteiger partial charge on any atom is 0.310 e. The summed E-state index contributed by atoms with van der Waals surface area (Å²) in [5, 5.41) is 0.239. The van der Waals surface area contributed by atoms with E-state index in [2.05, 4.69) is 26.8 Å². The minimum absolute atomic E-state index is 0.0168. The Morgan fingerprint density at radius 2 is 1.96 bits per heavy atom. The first-order valence-electron chi connectivity index (χ1n) is 8.73. The third-order valence-corrected chi connectivity index (χ3v) is 7.10. The minimum Gasteiger partial charge on any atom is -0.461 e. The van der Waals surface area contributed by atoms with Crippen molar-refractivity contribution in [3.8, 4) is 0 Å². The highest BCUT2D eigenvalue weighted by molar-refractivity contribution is 9.09. The quantitative estimate of drug-likeness (QED) is 0.388. The van der Waals surface area contributed by atoms with E-state index in [-0.39, 0.29) is 39.3 Å². The Labute approximate surface area is 173 Å². The number of ether oxygens (including phenoxy) is 2. The van der Waals surface area contributed by atoms with Gasteiger partial charge < -0.3 is 9.47 Å². The summed E-state index contributed by atoms with van der Waals surface area (Å²) in [6.45, 7) is -0.576. The average Bonchev–Trinajstić information content (AvgIpc) is 3.28. The van der Waals surface area contributed by atoms with E-state index in [4.69, 9.17) is 21.1 Å². The fourth-order valence-electron chi connectivity index (χ4n) is 4.40. The van der Waals surface area contributed by atoms with Crippen LogP contribution in [0.15, 0.2) is 24.3 Å². The first-order chi connectivity index (χ1) is 13.4. The predicted molar refractivity (Wildman–Crippen MR) is 99.2 cm³/mol. The van der Waals surface area contributed by atoms with Gasteiger partial charge in [-0.25, -0.2) is 0 Å². The van der Waals surface area contributed by atoms with Crippen LogP contribution in [0.3, 0.4) is 0 Å². The van der Waals surface area contributed by atoms with Crippen molar-refractivity contribution in [3.63, 3.8) is 0 Å². The standard InChI is InChI=1S/C18H16BrClN2O6/c19-14-8-5-9-13(18(26)28-15(9)14)12(8)17(25)27-6-11(23)21-22-16(24)7-3-1-2-4-10(7)20/h1-4,8-9,12-15H,5-6H2,(H,21,23)(H,22,24)/t8-,9-,12-,13-,14-,15+/m1/s1. The molecule has 2 N–H and O–H groups in total. The molecule has 148 valence electrons. The lowest BCUT2D eigenvalue weighted by molar-refractivity contribution is -0.158. The number of hydrogen-bond acceptors (Lipinski definition) is 6. The molecule has 0 unspecified atom stereocenters. The molecule has 28 heavy (non-hydrogen) atoms. The number of hydrazine groups is 1. The third-order valence-electron chi connectivity index (χ3n) is 5.57. The molecule has 2 saturated carbocycles. The second kappa shape index (κ2) is 7.36. The lowest BCUT2D eigenvalue weighted by Gasteiger charge is -2.26. The number of esters is 2. The predicted octanol–water partition coefficient (Wildman–Crippen LogP) is 1.22. The van der Waals surface area contributed by atoms with Crippen molar-refractivity contribution in [3.05, 3.63) is 34.9 Å². The molecule has 10 heteroatoms. The lowest BCUT2D eigenvalue weighted by Crippen LogP contribution is -2.44. The molecule has 1 aromatic carbocycles. The number of halogens is 2. The van der Waals surface area contributed by atoms with Crippen LogP contribution in [0.25, 0.3) is 0 Å². The largest absolute Gasteiger partial charge is 0.461 e. The summed E-state index contributed by atoms with van der Waals surface area (Å²) >= 11 is 9.42. The molecular formula is C18H16BrClN2O6. The fourth-order valence-corrected chi connectivity index (χ4v) is 5.67. The van der Waals surface area contributed by atoms with Gasteiger partial charge in [0.25, 0.3) is 11.8 Å². The van der Waals surface area contributed by atoms with Crippen molar-refractivity contribution in [2.45, 2.75) is 17.4 Å². The molecular weight excluding hydrogens is 456 g/mol. The summed E-state index contributed by atoms with van der Waals surface area (Å²) in [6, 6.07) is 6.36.